The van der Waals surface area contributed by atoms with Gasteiger partial charge in [-0.1, -0.05) is 51.8 Å². The minimum atomic E-state index is 0.336. The Morgan fingerprint density at radius 3 is 2.20 bits per heavy atom. The fourth-order valence-corrected chi connectivity index (χ4v) is 2.32. The quantitative estimate of drug-likeness (QED) is 0.515. The summed E-state index contributed by atoms with van der Waals surface area (Å²) in [4.78, 5) is 0. The van der Waals surface area contributed by atoms with Crippen molar-refractivity contribution in [1.29, 1.82) is 0 Å². The van der Waals surface area contributed by atoms with Crippen LogP contribution in [0.5, 0.6) is 0 Å². The van der Waals surface area contributed by atoms with E-state index >= 15 is 0 Å². The van der Waals surface area contributed by atoms with Crippen LogP contribution in [0.2, 0.25) is 0 Å². The van der Waals surface area contributed by atoms with Crippen LogP contribution in [0, 0.1) is 11.3 Å². The fraction of sp³-hybridized carbons (Fsp3) is 0.733. The molecule has 15 heavy (non-hydrogen) atoms. The smallest absolute Gasteiger partial charge is 0.0177 e. The first-order valence-electron chi connectivity index (χ1n) is 6.18. The number of allylic oxidation sites excluding steroid dienone is 3. The second-order valence-corrected chi connectivity index (χ2v) is 5.38. The molecule has 0 aliphatic heterocycles. The summed E-state index contributed by atoms with van der Waals surface area (Å²) in [6, 6.07) is 0. The Labute approximate surface area is 96.5 Å². The van der Waals surface area contributed by atoms with Gasteiger partial charge < -0.3 is 0 Å². The number of rotatable bonds is 6. The summed E-state index contributed by atoms with van der Waals surface area (Å²) in [6.45, 7) is 17.7. The molecule has 0 aromatic rings. The minimum absolute atomic E-state index is 0.336. The normalized spacial score (nSPS) is 15.2. The molecule has 0 aromatic heterocycles. The SMILES string of the molecule is C=C(C)CC(C)(C)C(C)C(=CCC)CC. The molecule has 0 aromatic carbocycles. The van der Waals surface area contributed by atoms with E-state index in [4.69, 9.17) is 0 Å². The molecule has 0 aliphatic rings. The van der Waals surface area contributed by atoms with E-state index in [0.29, 0.717) is 11.3 Å². The number of hydrogen-bond donors (Lipinski definition) is 0. The van der Waals surface area contributed by atoms with Gasteiger partial charge in [0.1, 0.15) is 0 Å². The average Bonchev–Trinajstić information content (AvgIpc) is 2.11. The summed E-state index contributed by atoms with van der Waals surface area (Å²) in [7, 11) is 0. The van der Waals surface area contributed by atoms with Gasteiger partial charge >= 0.3 is 0 Å². The molecule has 0 heterocycles. The van der Waals surface area contributed by atoms with Gasteiger partial charge in [-0.3, -0.25) is 0 Å². The Morgan fingerprint density at radius 1 is 1.33 bits per heavy atom. The van der Waals surface area contributed by atoms with Gasteiger partial charge in [0.05, 0.1) is 0 Å². The molecule has 88 valence electrons. The summed E-state index contributed by atoms with van der Waals surface area (Å²) < 4.78 is 0. The zero-order chi connectivity index (χ0) is 12.1. The van der Waals surface area contributed by atoms with Crippen molar-refractivity contribution in [1.82, 2.24) is 0 Å². The van der Waals surface area contributed by atoms with Gasteiger partial charge in [-0.2, -0.15) is 0 Å². The van der Waals surface area contributed by atoms with E-state index in [0.717, 1.165) is 12.8 Å². The van der Waals surface area contributed by atoms with Gasteiger partial charge in [0.15, 0.2) is 0 Å². The van der Waals surface area contributed by atoms with E-state index in [2.05, 4.69) is 54.2 Å². The minimum Gasteiger partial charge on any atom is -0.100 e. The topological polar surface area (TPSA) is 0 Å². The van der Waals surface area contributed by atoms with Crippen molar-refractivity contribution in [3.63, 3.8) is 0 Å². The van der Waals surface area contributed by atoms with Crippen LogP contribution in [0.3, 0.4) is 0 Å². The van der Waals surface area contributed by atoms with Gasteiger partial charge in [0, 0.05) is 0 Å². The molecule has 0 nitrogen and oxygen atoms in total. The summed E-state index contributed by atoms with van der Waals surface area (Å²) >= 11 is 0. The highest BCUT2D eigenvalue weighted by Crippen LogP contribution is 2.38. The molecule has 0 fully saturated rings. The van der Waals surface area contributed by atoms with Crippen LogP contribution in [0.4, 0.5) is 0 Å². The first kappa shape index (κ1) is 14.5. The second-order valence-electron chi connectivity index (χ2n) is 5.38. The highest BCUT2D eigenvalue weighted by atomic mass is 14.3. The third kappa shape index (κ3) is 4.68. The molecule has 0 amide bonds. The Morgan fingerprint density at radius 2 is 1.87 bits per heavy atom. The van der Waals surface area contributed by atoms with E-state index < -0.39 is 0 Å². The van der Waals surface area contributed by atoms with E-state index in [1.165, 1.54) is 12.0 Å². The largest absolute Gasteiger partial charge is 0.100 e. The average molecular weight is 208 g/mol. The van der Waals surface area contributed by atoms with Crippen molar-refractivity contribution >= 4 is 0 Å². The first-order valence-corrected chi connectivity index (χ1v) is 6.18. The van der Waals surface area contributed by atoms with Gasteiger partial charge in [0.25, 0.3) is 0 Å². The zero-order valence-electron chi connectivity index (χ0n) is 11.5. The van der Waals surface area contributed by atoms with Crippen LogP contribution in [0.25, 0.3) is 0 Å². The molecular formula is C15H28. The zero-order valence-corrected chi connectivity index (χ0v) is 11.5. The highest BCUT2D eigenvalue weighted by Gasteiger charge is 2.27. The molecule has 1 unspecified atom stereocenters. The van der Waals surface area contributed by atoms with Crippen molar-refractivity contribution in [2.45, 2.75) is 60.8 Å². The van der Waals surface area contributed by atoms with Crippen molar-refractivity contribution in [3.05, 3.63) is 23.8 Å². The summed E-state index contributed by atoms with van der Waals surface area (Å²) in [5.41, 5.74) is 3.23. The summed E-state index contributed by atoms with van der Waals surface area (Å²) in [5, 5.41) is 0. The Bertz CT molecular complexity index is 230. The molecule has 0 N–H and O–H groups in total. The third-order valence-corrected chi connectivity index (χ3v) is 3.36. The van der Waals surface area contributed by atoms with Crippen LogP contribution >= 0.6 is 0 Å². The van der Waals surface area contributed by atoms with Crippen molar-refractivity contribution in [2.24, 2.45) is 11.3 Å². The van der Waals surface area contributed by atoms with Gasteiger partial charge in [0.2, 0.25) is 0 Å². The molecule has 0 bridgehead atoms. The second kappa shape index (κ2) is 6.15. The predicted octanol–water partition coefficient (Wildman–Crippen LogP) is 5.36. The molecule has 0 saturated carbocycles. The summed E-state index contributed by atoms with van der Waals surface area (Å²) in [5.74, 6) is 0.652. The Kier molecular flexibility index (Phi) is 5.93. The van der Waals surface area contributed by atoms with E-state index in [1.54, 1.807) is 5.57 Å². The van der Waals surface area contributed by atoms with E-state index in [9.17, 15) is 0 Å². The van der Waals surface area contributed by atoms with E-state index in [1.807, 2.05) is 0 Å². The maximum atomic E-state index is 4.03. The lowest BCUT2D eigenvalue weighted by molar-refractivity contribution is 0.259. The van der Waals surface area contributed by atoms with Crippen LogP contribution in [-0.4, -0.2) is 0 Å². The van der Waals surface area contributed by atoms with Gasteiger partial charge in [-0.25, -0.2) is 0 Å². The predicted molar refractivity (Wildman–Crippen MR) is 71.0 cm³/mol. The molecule has 0 heteroatoms. The lowest BCUT2D eigenvalue weighted by Gasteiger charge is -2.34. The van der Waals surface area contributed by atoms with Crippen LogP contribution < -0.4 is 0 Å². The Balaban J connectivity index is 4.72. The molecule has 1 atom stereocenters. The molecule has 0 spiro atoms. The van der Waals surface area contributed by atoms with Crippen LogP contribution in [0.1, 0.15) is 60.8 Å². The molecular weight excluding hydrogens is 180 g/mol. The molecule has 0 rings (SSSR count). The van der Waals surface area contributed by atoms with Gasteiger partial charge in [-0.15, -0.1) is 6.58 Å². The lowest BCUT2D eigenvalue weighted by atomic mass is 9.71. The fourth-order valence-electron chi connectivity index (χ4n) is 2.32. The summed E-state index contributed by atoms with van der Waals surface area (Å²) in [6.07, 6.45) is 5.84. The maximum Gasteiger partial charge on any atom is -0.0177 e. The standard InChI is InChI=1S/C15H28/c1-8-10-14(9-2)13(5)15(6,7)11-12(3)4/h10,13H,3,8-9,11H2,1-2,4-7H3. The van der Waals surface area contributed by atoms with Gasteiger partial charge in [-0.05, 0) is 37.5 Å². The van der Waals surface area contributed by atoms with Crippen molar-refractivity contribution < 1.29 is 0 Å². The van der Waals surface area contributed by atoms with Crippen molar-refractivity contribution in [2.75, 3.05) is 0 Å². The van der Waals surface area contributed by atoms with Crippen LogP contribution in [0.15, 0.2) is 23.8 Å². The number of hydrogen-bond acceptors (Lipinski definition) is 0. The lowest BCUT2D eigenvalue weighted by Crippen LogP contribution is -2.23. The highest BCUT2D eigenvalue weighted by molar-refractivity contribution is 5.10. The van der Waals surface area contributed by atoms with Crippen molar-refractivity contribution in [3.8, 4) is 0 Å². The first-order chi connectivity index (χ1) is 6.85. The van der Waals surface area contributed by atoms with E-state index in [-0.39, 0.29) is 0 Å². The monoisotopic (exact) mass is 208 g/mol. The molecule has 0 aliphatic carbocycles. The van der Waals surface area contributed by atoms with Crippen LogP contribution in [-0.2, 0) is 0 Å². The molecule has 0 saturated heterocycles. The Hall–Kier alpha value is -0.520. The third-order valence-electron chi connectivity index (χ3n) is 3.36. The maximum absolute atomic E-state index is 4.03. The molecule has 0 radical (unpaired) electrons.